The lowest BCUT2D eigenvalue weighted by atomic mass is 9.98. The van der Waals surface area contributed by atoms with E-state index in [4.69, 9.17) is 0 Å². The number of rotatable bonds is 3. The van der Waals surface area contributed by atoms with Gasteiger partial charge in [-0.05, 0) is 38.5 Å². The lowest BCUT2D eigenvalue weighted by Crippen LogP contribution is -2.40. The first-order valence-electron chi connectivity index (χ1n) is 5.35. The normalized spacial score (nSPS) is 33.9. The van der Waals surface area contributed by atoms with Crippen molar-refractivity contribution < 1.29 is 8.42 Å². The molecule has 14 heavy (non-hydrogen) atoms. The zero-order valence-corrected chi connectivity index (χ0v) is 10.3. The van der Waals surface area contributed by atoms with Gasteiger partial charge in [0.15, 0.2) is 0 Å². The van der Waals surface area contributed by atoms with Gasteiger partial charge in [0.2, 0.25) is 10.0 Å². The maximum atomic E-state index is 11.6. The van der Waals surface area contributed by atoms with E-state index in [9.17, 15) is 8.42 Å². The van der Waals surface area contributed by atoms with Gasteiger partial charge in [0.05, 0.1) is 5.25 Å². The minimum Gasteiger partial charge on any atom is -0.212 e. The van der Waals surface area contributed by atoms with Gasteiger partial charge in [0, 0.05) is 6.04 Å². The van der Waals surface area contributed by atoms with Gasteiger partial charge < -0.3 is 0 Å². The van der Waals surface area contributed by atoms with Gasteiger partial charge in [0.25, 0.3) is 0 Å². The molecule has 0 aromatic heterocycles. The molecule has 4 heteroatoms. The Kier molecular flexibility index (Phi) is 3.58. The molecule has 0 amide bonds. The van der Waals surface area contributed by atoms with Crippen LogP contribution in [-0.4, -0.2) is 19.7 Å². The first-order valence-corrected chi connectivity index (χ1v) is 6.90. The minimum atomic E-state index is -3.09. The third kappa shape index (κ3) is 2.48. The largest absolute Gasteiger partial charge is 0.214 e. The van der Waals surface area contributed by atoms with Crippen molar-refractivity contribution in [2.45, 2.75) is 51.8 Å². The fourth-order valence-electron chi connectivity index (χ4n) is 1.88. The smallest absolute Gasteiger partial charge is 0.212 e. The predicted octanol–water partition coefficient (Wildman–Crippen LogP) is 1.75. The molecule has 1 rings (SSSR count). The summed E-state index contributed by atoms with van der Waals surface area (Å²) in [6, 6.07) is 0.150. The maximum absolute atomic E-state index is 11.6. The van der Waals surface area contributed by atoms with Crippen LogP contribution in [0.5, 0.6) is 0 Å². The Balaban J connectivity index is 2.62. The van der Waals surface area contributed by atoms with Crippen LogP contribution in [-0.2, 0) is 10.0 Å². The van der Waals surface area contributed by atoms with Crippen LogP contribution in [0.15, 0.2) is 0 Å². The summed E-state index contributed by atoms with van der Waals surface area (Å²) in [6.45, 7) is 7.75. The van der Waals surface area contributed by atoms with Crippen LogP contribution in [0.2, 0.25) is 0 Å². The van der Waals surface area contributed by atoms with Crippen molar-refractivity contribution in [1.29, 1.82) is 0 Å². The van der Waals surface area contributed by atoms with E-state index in [-0.39, 0.29) is 11.3 Å². The van der Waals surface area contributed by atoms with Crippen molar-refractivity contribution in [1.82, 2.24) is 4.72 Å². The molecule has 0 aliphatic heterocycles. The van der Waals surface area contributed by atoms with Crippen molar-refractivity contribution in [2.24, 2.45) is 11.8 Å². The number of hydrogen-bond acceptors (Lipinski definition) is 2. The van der Waals surface area contributed by atoms with Gasteiger partial charge in [-0.1, -0.05) is 13.8 Å². The van der Waals surface area contributed by atoms with Crippen molar-refractivity contribution in [2.75, 3.05) is 0 Å². The van der Waals surface area contributed by atoms with E-state index < -0.39 is 10.0 Å². The van der Waals surface area contributed by atoms with Gasteiger partial charge in [-0.3, -0.25) is 0 Å². The van der Waals surface area contributed by atoms with Crippen molar-refractivity contribution in [3.63, 3.8) is 0 Å². The molecule has 0 aromatic rings. The van der Waals surface area contributed by atoms with Gasteiger partial charge in [-0.2, -0.15) is 0 Å². The Morgan fingerprint density at radius 2 is 1.79 bits per heavy atom. The first kappa shape index (κ1) is 12.0. The Morgan fingerprint density at radius 3 is 2.14 bits per heavy atom. The Hall–Kier alpha value is -0.0900. The second-order valence-corrected chi connectivity index (χ2v) is 7.00. The van der Waals surface area contributed by atoms with Crippen LogP contribution in [0.25, 0.3) is 0 Å². The van der Waals surface area contributed by atoms with Crippen molar-refractivity contribution in [3.8, 4) is 0 Å². The lowest BCUT2D eigenvalue weighted by Gasteiger charge is -2.20. The molecule has 84 valence electrons. The van der Waals surface area contributed by atoms with E-state index in [1.165, 1.54) is 0 Å². The molecular formula is C10H21NO2S. The number of nitrogens with one attached hydrogen (secondary N) is 1. The first-order chi connectivity index (χ1) is 6.34. The van der Waals surface area contributed by atoms with Crippen LogP contribution < -0.4 is 4.72 Å². The highest BCUT2D eigenvalue weighted by atomic mass is 32.2. The van der Waals surface area contributed by atoms with Crippen LogP contribution in [0.3, 0.4) is 0 Å². The molecule has 0 spiro atoms. The summed E-state index contributed by atoms with van der Waals surface area (Å²) < 4.78 is 26.1. The topological polar surface area (TPSA) is 46.2 Å². The summed E-state index contributed by atoms with van der Waals surface area (Å²) in [6.07, 6.45) is 2.11. The summed E-state index contributed by atoms with van der Waals surface area (Å²) >= 11 is 0. The maximum Gasteiger partial charge on any atom is 0.214 e. The monoisotopic (exact) mass is 219 g/mol. The van der Waals surface area contributed by atoms with Crippen LogP contribution in [0.4, 0.5) is 0 Å². The highest BCUT2D eigenvalue weighted by Crippen LogP contribution is 2.31. The zero-order valence-electron chi connectivity index (χ0n) is 9.45. The molecule has 1 N–H and O–H groups in total. The molecule has 1 aliphatic carbocycles. The molecule has 3 unspecified atom stereocenters. The summed E-state index contributed by atoms with van der Waals surface area (Å²) in [5.41, 5.74) is 0. The van der Waals surface area contributed by atoms with E-state index in [1.54, 1.807) is 13.8 Å². The third-order valence-corrected chi connectivity index (χ3v) is 5.27. The van der Waals surface area contributed by atoms with Crippen molar-refractivity contribution >= 4 is 10.0 Å². The summed E-state index contributed by atoms with van der Waals surface area (Å²) in [5, 5.41) is -0.328. The highest BCUT2D eigenvalue weighted by molar-refractivity contribution is 7.90. The predicted molar refractivity (Wildman–Crippen MR) is 58.5 cm³/mol. The van der Waals surface area contributed by atoms with Gasteiger partial charge >= 0.3 is 0 Å². The van der Waals surface area contributed by atoms with E-state index in [2.05, 4.69) is 18.6 Å². The minimum absolute atomic E-state index is 0.150. The van der Waals surface area contributed by atoms with E-state index in [0.717, 1.165) is 12.8 Å². The average Bonchev–Trinajstić information content (AvgIpc) is 2.35. The standard InChI is InChI=1S/C10H21NO2S/c1-7(2)14(12,13)11-10-6-5-8(3)9(10)4/h7-11H,5-6H2,1-4H3. The second-order valence-electron chi connectivity index (χ2n) is 4.73. The summed E-state index contributed by atoms with van der Waals surface area (Å²) in [7, 11) is -3.09. The van der Waals surface area contributed by atoms with Gasteiger partial charge in [0.1, 0.15) is 0 Å². The van der Waals surface area contributed by atoms with Crippen LogP contribution in [0.1, 0.15) is 40.5 Å². The molecule has 1 fully saturated rings. The van der Waals surface area contributed by atoms with Gasteiger partial charge in [-0.15, -0.1) is 0 Å². The molecule has 0 saturated heterocycles. The van der Waals surface area contributed by atoms with E-state index >= 15 is 0 Å². The third-order valence-electron chi connectivity index (χ3n) is 3.40. The fraction of sp³-hybridized carbons (Fsp3) is 1.00. The molecule has 3 nitrogen and oxygen atoms in total. The zero-order chi connectivity index (χ0) is 10.9. The van der Waals surface area contributed by atoms with E-state index in [1.807, 2.05) is 0 Å². The number of hydrogen-bond donors (Lipinski definition) is 1. The molecular weight excluding hydrogens is 198 g/mol. The SMILES string of the molecule is CC1CCC(NS(=O)(=O)C(C)C)C1C. The summed E-state index contributed by atoms with van der Waals surface area (Å²) in [4.78, 5) is 0. The average molecular weight is 219 g/mol. The Morgan fingerprint density at radius 1 is 1.21 bits per heavy atom. The van der Waals surface area contributed by atoms with Crippen molar-refractivity contribution in [3.05, 3.63) is 0 Å². The summed E-state index contributed by atoms with van der Waals surface area (Å²) in [5.74, 6) is 1.10. The Labute approximate surface area is 87.3 Å². The van der Waals surface area contributed by atoms with Gasteiger partial charge in [-0.25, -0.2) is 13.1 Å². The molecule has 1 aliphatic rings. The second kappa shape index (κ2) is 4.19. The van der Waals surface area contributed by atoms with Crippen LogP contribution in [0, 0.1) is 11.8 Å². The molecule has 0 aromatic carbocycles. The Bertz CT molecular complexity index is 284. The molecule has 0 heterocycles. The lowest BCUT2D eigenvalue weighted by molar-refractivity contribution is 0.401. The van der Waals surface area contributed by atoms with E-state index in [0.29, 0.717) is 11.8 Å². The highest BCUT2D eigenvalue weighted by Gasteiger charge is 2.33. The number of sulfonamides is 1. The van der Waals surface area contributed by atoms with Crippen LogP contribution >= 0.6 is 0 Å². The molecule has 3 atom stereocenters. The molecule has 0 bridgehead atoms. The quantitative estimate of drug-likeness (QED) is 0.786. The molecule has 0 radical (unpaired) electrons. The fourth-order valence-corrected chi connectivity index (χ4v) is 2.90. The molecule has 1 saturated carbocycles.